The maximum Gasteiger partial charge on any atom is 0.416 e. The molecule has 33 heavy (non-hydrogen) atoms. The Morgan fingerprint density at radius 3 is 2.33 bits per heavy atom. The molecule has 0 radical (unpaired) electrons. The topological polar surface area (TPSA) is 48.5 Å². The number of halogens is 3. The molecule has 0 N–H and O–H groups in total. The molecule has 5 aromatic rings. The van der Waals surface area contributed by atoms with Gasteiger partial charge in [-0.15, -0.1) is 0 Å². The first-order valence-electron chi connectivity index (χ1n) is 10.2. The summed E-state index contributed by atoms with van der Waals surface area (Å²) in [6.07, 6.45) is -4.44. The fourth-order valence-electron chi connectivity index (χ4n) is 3.96. The molecule has 0 amide bonds. The van der Waals surface area contributed by atoms with Crippen LogP contribution >= 0.6 is 0 Å². The van der Waals surface area contributed by atoms with E-state index in [9.17, 15) is 18.0 Å². The molecular formula is C25H18F3N3O2. The van der Waals surface area contributed by atoms with Crippen molar-refractivity contribution in [2.24, 2.45) is 0 Å². The summed E-state index contributed by atoms with van der Waals surface area (Å²) >= 11 is 0. The summed E-state index contributed by atoms with van der Waals surface area (Å²) in [6, 6.07) is 21.0. The maximum absolute atomic E-state index is 13.2. The lowest BCUT2D eigenvalue weighted by molar-refractivity contribution is -0.137. The lowest BCUT2D eigenvalue weighted by Gasteiger charge is -2.11. The first kappa shape index (κ1) is 20.8. The van der Waals surface area contributed by atoms with Gasteiger partial charge in [-0.1, -0.05) is 24.3 Å². The van der Waals surface area contributed by atoms with Crippen LogP contribution in [0.1, 0.15) is 11.1 Å². The third kappa shape index (κ3) is 3.73. The average Bonchev–Trinajstić information content (AvgIpc) is 3.13. The van der Waals surface area contributed by atoms with Crippen LogP contribution in [0.25, 0.3) is 28.1 Å². The van der Waals surface area contributed by atoms with E-state index in [0.717, 1.165) is 17.7 Å². The lowest BCUT2D eigenvalue weighted by Crippen LogP contribution is -2.15. The Morgan fingerprint density at radius 1 is 0.909 bits per heavy atom. The number of aromatic nitrogens is 3. The Hall–Kier alpha value is -4.07. The first-order chi connectivity index (χ1) is 15.8. The number of ether oxygens (including phenoxy) is 1. The predicted molar refractivity (Wildman–Crippen MR) is 119 cm³/mol. The molecule has 5 rings (SSSR count). The number of fused-ring (bicyclic) bond motifs is 3. The van der Waals surface area contributed by atoms with E-state index < -0.39 is 11.7 Å². The van der Waals surface area contributed by atoms with Crippen molar-refractivity contribution in [1.82, 2.24) is 14.0 Å². The Labute approximate surface area is 186 Å². The molecule has 0 aliphatic rings. The molecule has 2 aromatic heterocycles. The van der Waals surface area contributed by atoms with Crippen LogP contribution in [-0.4, -0.2) is 21.1 Å². The Morgan fingerprint density at radius 2 is 1.64 bits per heavy atom. The van der Waals surface area contributed by atoms with Crippen LogP contribution in [0.5, 0.6) is 5.75 Å². The van der Waals surface area contributed by atoms with Gasteiger partial charge in [-0.25, -0.2) is 9.38 Å². The largest absolute Gasteiger partial charge is 0.497 e. The maximum atomic E-state index is 13.2. The van der Waals surface area contributed by atoms with Crippen LogP contribution < -0.4 is 10.3 Å². The normalized spacial score (nSPS) is 11.9. The van der Waals surface area contributed by atoms with Crippen molar-refractivity contribution in [3.05, 3.63) is 100 Å². The monoisotopic (exact) mass is 449 g/mol. The van der Waals surface area contributed by atoms with Gasteiger partial charge in [0.25, 0.3) is 5.56 Å². The van der Waals surface area contributed by atoms with Crippen LogP contribution in [-0.2, 0) is 12.7 Å². The zero-order valence-electron chi connectivity index (χ0n) is 17.5. The van der Waals surface area contributed by atoms with Crippen LogP contribution in [0.15, 0.2) is 83.7 Å². The number of methoxy groups -OCH3 is 1. The first-order valence-corrected chi connectivity index (χ1v) is 10.2. The third-order valence-electron chi connectivity index (χ3n) is 5.54. The minimum atomic E-state index is -4.44. The number of hydrogen-bond acceptors (Lipinski definition) is 3. The Kier molecular flexibility index (Phi) is 4.92. The minimum Gasteiger partial charge on any atom is -0.497 e. The molecule has 0 saturated heterocycles. The second-order valence-electron chi connectivity index (χ2n) is 7.62. The average molecular weight is 449 g/mol. The fourth-order valence-corrected chi connectivity index (χ4v) is 3.96. The van der Waals surface area contributed by atoms with Gasteiger partial charge in [-0.05, 0) is 54.1 Å². The summed E-state index contributed by atoms with van der Waals surface area (Å²) in [5.41, 5.74) is 2.00. The van der Waals surface area contributed by atoms with Crippen LogP contribution in [0.2, 0.25) is 0 Å². The van der Waals surface area contributed by atoms with Gasteiger partial charge in [0.2, 0.25) is 5.78 Å². The quantitative estimate of drug-likeness (QED) is 0.370. The van der Waals surface area contributed by atoms with Gasteiger partial charge in [0, 0.05) is 11.6 Å². The Bertz CT molecular complexity index is 1530. The van der Waals surface area contributed by atoms with Crippen molar-refractivity contribution in [2.75, 3.05) is 7.11 Å². The Balaban J connectivity index is 1.71. The summed E-state index contributed by atoms with van der Waals surface area (Å²) in [4.78, 5) is 17.8. The van der Waals surface area contributed by atoms with Crippen molar-refractivity contribution >= 4 is 16.8 Å². The zero-order valence-corrected chi connectivity index (χ0v) is 17.5. The summed E-state index contributed by atoms with van der Waals surface area (Å²) in [5.74, 6) is 1.03. The number of alkyl halides is 3. The molecule has 0 aliphatic heterocycles. The van der Waals surface area contributed by atoms with Gasteiger partial charge < -0.3 is 9.30 Å². The molecule has 0 aliphatic carbocycles. The highest BCUT2D eigenvalue weighted by molar-refractivity contribution is 5.81. The van der Waals surface area contributed by atoms with Gasteiger partial charge in [0.1, 0.15) is 5.75 Å². The van der Waals surface area contributed by atoms with Gasteiger partial charge in [0.15, 0.2) is 0 Å². The smallest absolute Gasteiger partial charge is 0.416 e. The third-order valence-corrected chi connectivity index (χ3v) is 5.54. The van der Waals surface area contributed by atoms with Crippen molar-refractivity contribution in [2.45, 2.75) is 12.7 Å². The molecular weight excluding hydrogens is 431 g/mol. The van der Waals surface area contributed by atoms with E-state index in [1.54, 1.807) is 54.1 Å². The second-order valence-corrected chi connectivity index (χ2v) is 7.62. The van der Waals surface area contributed by atoms with Gasteiger partial charge in [-0.2, -0.15) is 13.2 Å². The number of nitrogens with zero attached hydrogens (tertiary/aromatic N) is 3. The highest BCUT2D eigenvalue weighted by Gasteiger charge is 2.30. The van der Waals surface area contributed by atoms with E-state index in [1.165, 1.54) is 16.5 Å². The molecule has 166 valence electrons. The number of hydrogen-bond donors (Lipinski definition) is 0. The summed E-state index contributed by atoms with van der Waals surface area (Å²) < 4.78 is 48.1. The van der Waals surface area contributed by atoms with E-state index in [2.05, 4.69) is 0 Å². The molecule has 2 heterocycles. The number of para-hydroxylation sites is 2. The summed E-state index contributed by atoms with van der Waals surface area (Å²) in [7, 11) is 1.57. The van der Waals surface area contributed by atoms with Crippen molar-refractivity contribution in [1.29, 1.82) is 0 Å². The molecule has 0 unspecified atom stereocenters. The minimum absolute atomic E-state index is 0.124. The van der Waals surface area contributed by atoms with E-state index in [1.807, 2.05) is 12.1 Å². The summed E-state index contributed by atoms with van der Waals surface area (Å²) in [6.45, 7) is 0.124. The highest BCUT2D eigenvalue weighted by Crippen LogP contribution is 2.30. The molecule has 3 aromatic carbocycles. The SMILES string of the molecule is COc1ccc(-c2cc(=O)n3c4ccccc4n(Cc4cccc(C(F)(F)F)c4)c3n2)cc1. The summed E-state index contributed by atoms with van der Waals surface area (Å²) in [5, 5.41) is 0. The molecule has 0 fully saturated rings. The molecule has 0 bridgehead atoms. The molecule has 8 heteroatoms. The predicted octanol–water partition coefficient (Wildman–Crippen LogP) is 5.39. The van der Waals surface area contributed by atoms with E-state index in [0.29, 0.717) is 33.8 Å². The van der Waals surface area contributed by atoms with Crippen molar-refractivity contribution in [3.8, 4) is 17.0 Å². The van der Waals surface area contributed by atoms with Crippen LogP contribution in [0.3, 0.4) is 0 Å². The van der Waals surface area contributed by atoms with E-state index >= 15 is 0 Å². The van der Waals surface area contributed by atoms with Crippen molar-refractivity contribution in [3.63, 3.8) is 0 Å². The molecule has 0 saturated carbocycles. The van der Waals surface area contributed by atoms with E-state index in [-0.39, 0.29) is 12.1 Å². The zero-order chi connectivity index (χ0) is 23.2. The highest BCUT2D eigenvalue weighted by atomic mass is 19.4. The van der Waals surface area contributed by atoms with Crippen LogP contribution in [0.4, 0.5) is 13.2 Å². The van der Waals surface area contributed by atoms with Gasteiger partial charge in [-0.3, -0.25) is 4.79 Å². The lowest BCUT2D eigenvalue weighted by atomic mass is 10.1. The number of benzene rings is 3. The molecule has 5 nitrogen and oxygen atoms in total. The number of rotatable bonds is 4. The van der Waals surface area contributed by atoms with Gasteiger partial charge in [0.05, 0.1) is 35.9 Å². The van der Waals surface area contributed by atoms with E-state index in [4.69, 9.17) is 9.72 Å². The molecule has 0 atom stereocenters. The fraction of sp³-hybridized carbons (Fsp3) is 0.120. The van der Waals surface area contributed by atoms with Gasteiger partial charge >= 0.3 is 6.18 Å². The molecule has 0 spiro atoms. The number of imidazole rings is 1. The van der Waals surface area contributed by atoms with Crippen LogP contribution in [0, 0.1) is 0 Å². The second kappa shape index (κ2) is 7.81. The standard InChI is InChI=1S/C25H18F3N3O2/c1-33-19-11-9-17(10-12-19)20-14-23(32)31-22-8-3-2-7-21(22)30(24(31)29-20)15-16-5-4-6-18(13-16)25(26,27)28/h2-14H,15H2,1H3. The van der Waals surface area contributed by atoms with Crippen molar-refractivity contribution < 1.29 is 17.9 Å².